The molecule has 5 heteroatoms. The van der Waals surface area contributed by atoms with Crippen molar-refractivity contribution in [1.29, 1.82) is 0 Å². The standard InChI is InChI=1S/C19H19NO4/c1-2-8-20-9-7-18-15-11-3-4-12(21)16(15)24-17(18)13(22)5-6-19(18,23)14(20)10-11/h2-6,14,17,21,23H,1,7-10H2/t14-,17-,18+,19-/m1/s1. The highest BCUT2D eigenvalue weighted by atomic mass is 16.5. The molecule has 1 aromatic rings. The summed E-state index contributed by atoms with van der Waals surface area (Å²) in [5.41, 5.74) is -0.0964. The van der Waals surface area contributed by atoms with Gasteiger partial charge in [0.25, 0.3) is 0 Å². The van der Waals surface area contributed by atoms with E-state index in [-0.39, 0.29) is 17.6 Å². The van der Waals surface area contributed by atoms with Crippen LogP contribution in [0.3, 0.4) is 0 Å². The average molecular weight is 325 g/mol. The molecule has 0 amide bonds. The van der Waals surface area contributed by atoms with Crippen LogP contribution in [0.25, 0.3) is 0 Å². The van der Waals surface area contributed by atoms with Gasteiger partial charge in [0.05, 0.1) is 5.41 Å². The van der Waals surface area contributed by atoms with Crippen LogP contribution in [-0.2, 0) is 16.6 Å². The monoisotopic (exact) mass is 325 g/mol. The van der Waals surface area contributed by atoms with Gasteiger partial charge in [-0.3, -0.25) is 9.69 Å². The Morgan fingerprint density at radius 2 is 2.29 bits per heavy atom. The molecule has 4 aliphatic rings. The summed E-state index contributed by atoms with van der Waals surface area (Å²) < 4.78 is 5.93. The molecule has 0 unspecified atom stereocenters. The third-order valence-corrected chi connectivity index (χ3v) is 6.35. The number of ether oxygens (including phenoxy) is 1. The Bertz CT molecular complexity index is 816. The smallest absolute Gasteiger partial charge is 0.196 e. The lowest BCUT2D eigenvalue weighted by molar-refractivity contribution is -0.153. The molecule has 2 bridgehead atoms. The first kappa shape index (κ1) is 14.3. The van der Waals surface area contributed by atoms with Crippen LogP contribution in [-0.4, -0.2) is 51.7 Å². The number of aliphatic hydroxyl groups is 1. The molecule has 2 aliphatic carbocycles. The molecule has 5 nitrogen and oxygen atoms in total. The molecule has 24 heavy (non-hydrogen) atoms. The van der Waals surface area contributed by atoms with Gasteiger partial charge in [0, 0.05) is 24.7 Å². The summed E-state index contributed by atoms with van der Waals surface area (Å²) in [4.78, 5) is 14.8. The van der Waals surface area contributed by atoms with E-state index in [4.69, 9.17) is 4.74 Å². The molecule has 0 aromatic heterocycles. The Morgan fingerprint density at radius 3 is 3.08 bits per heavy atom. The van der Waals surface area contributed by atoms with Gasteiger partial charge in [-0.1, -0.05) is 12.1 Å². The molecule has 1 saturated heterocycles. The highest BCUT2D eigenvalue weighted by Gasteiger charge is 2.71. The number of aromatic hydroxyl groups is 1. The number of carbonyl (C=O) groups excluding carboxylic acids is 1. The zero-order chi connectivity index (χ0) is 16.7. The largest absolute Gasteiger partial charge is 0.504 e. The van der Waals surface area contributed by atoms with Crippen LogP contribution in [0.4, 0.5) is 0 Å². The van der Waals surface area contributed by atoms with Gasteiger partial charge < -0.3 is 14.9 Å². The van der Waals surface area contributed by atoms with Crippen LogP contribution < -0.4 is 4.74 Å². The number of benzene rings is 1. The van der Waals surface area contributed by atoms with Crippen LogP contribution in [0.5, 0.6) is 11.5 Å². The first-order chi connectivity index (χ1) is 11.5. The van der Waals surface area contributed by atoms with Gasteiger partial charge in [-0.2, -0.15) is 0 Å². The van der Waals surface area contributed by atoms with E-state index in [1.54, 1.807) is 12.1 Å². The quantitative estimate of drug-likeness (QED) is 0.796. The number of phenols is 1. The number of piperidine rings is 1. The number of carbonyl (C=O) groups is 1. The summed E-state index contributed by atoms with van der Waals surface area (Å²) in [6.07, 6.45) is 5.46. The molecule has 4 atom stereocenters. The fraction of sp³-hybridized carbons (Fsp3) is 0.421. The van der Waals surface area contributed by atoms with E-state index < -0.39 is 17.1 Å². The Kier molecular flexibility index (Phi) is 2.55. The molecular weight excluding hydrogens is 306 g/mol. The third-order valence-electron chi connectivity index (χ3n) is 6.35. The molecule has 2 N–H and O–H groups in total. The fourth-order valence-corrected chi connectivity index (χ4v) is 5.39. The van der Waals surface area contributed by atoms with Gasteiger partial charge in [0.2, 0.25) is 0 Å². The molecule has 0 radical (unpaired) electrons. The van der Waals surface area contributed by atoms with Crippen LogP contribution in [0.1, 0.15) is 17.5 Å². The number of hydrogen-bond donors (Lipinski definition) is 2. The van der Waals surface area contributed by atoms with Crippen molar-refractivity contribution in [3.8, 4) is 11.5 Å². The minimum absolute atomic E-state index is 0.0413. The van der Waals surface area contributed by atoms with Gasteiger partial charge in [0.1, 0.15) is 5.60 Å². The third kappa shape index (κ3) is 1.34. The minimum Gasteiger partial charge on any atom is -0.504 e. The first-order valence-electron chi connectivity index (χ1n) is 8.35. The highest BCUT2D eigenvalue weighted by Crippen LogP contribution is 2.63. The predicted molar refractivity (Wildman–Crippen MR) is 87.2 cm³/mol. The molecule has 5 rings (SSSR count). The molecule has 124 valence electrons. The summed E-state index contributed by atoms with van der Waals surface area (Å²) in [5.74, 6) is 0.280. The zero-order valence-corrected chi connectivity index (χ0v) is 13.2. The molecule has 1 spiro atoms. The number of phenolic OH excluding ortho intramolecular Hbond substituents is 1. The first-order valence-corrected chi connectivity index (χ1v) is 8.35. The van der Waals surface area contributed by atoms with Crippen molar-refractivity contribution in [3.05, 3.63) is 48.1 Å². The van der Waals surface area contributed by atoms with Crippen LogP contribution in [0.2, 0.25) is 0 Å². The molecule has 2 heterocycles. The zero-order valence-electron chi connectivity index (χ0n) is 13.2. The molecular formula is C19H19NO4. The number of nitrogens with zero attached hydrogens (tertiary/aromatic N) is 1. The van der Waals surface area contributed by atoms with Crippen molar-refractivity contribution >= 4 is 5.78 Å². The molecule has 0 saturated carbocycles. The number of ketones is 1. The summed E-state index contributed by atoms with van der Waals surface area (Å²) in [6, 6.07) is 3.38. The highest BCUT2D eigenvalue weighted by molar-refractivity contribution is 5.99. The molecule has 1 fully saturated rings. The second-order valence-corrected chi connectivity index (χ2v) is 7.23. The summed E-state index contributed by atoms with van der Waals surface area (Å²) in [5, 5.41) is 22.0. The lowest BCUT2D eigenvalue weighted by Gasteiger charge is -2.60. The Hall–Kier alpha value is -2.11. The van der Waals surface area contributed by atoms with E-state index in [1.807, 2.05) is 12.1 Å². The van der Waals surface area contributed by atoms with Crippen molar-refractivity contribution < 1.29 is 19.7 Å². The molecule has 1 aromatic carbocycles. The van der Waals surface area contributed by atoms with E-state index >= 15 is 0 Å². The lowest BCUT2D eigenvalue weighted by Crippen LogP contribution is -2.75. The van der Waals surface area contributed by atoms with Gasteiger partial charge in [0.15, 0.2) is 23.4 Å². The van der Waals surface area contributed by atoms with E-state index in [2.05, 4.69) is 11.5 Å². The average Bonchev–Trinajstić information content (AvgIpc) is 2.91. The number of likely N-dealkylation sites (tertiary alicyclic amines) is 1. The van der Waals surface area contributed by atoms with E-state index in [0.717, 1.165) is 17.7 Å². The number of rotatable bonds is 2. The molecule has 2 aliphatic heterocycles. The maximum atomic E-state index is 12.5. The van der Waals surface area contributed by atoms with E-state index in [9.17, 15) is 15.0 Å². The number of hydrogen-bond acceptors (Lipinski definition) is 5. The van der Waals surface area contributed by atoms with Crippen molar-refractivity contribution in [3.63, 3.8) is 0 Å². The SMILES string of the molecule is C=CCN1CC[C@]23c4c5ccc(O)c4O[C@@H]2C(=O)C=C[C@@]3(O)[C@H]1C5. The van der Waals surface area contributed by atoms with Crippen LogP contribution in [0, 0.1) is 0 Å². The predicted octanol–water partition coefficient (Wildman–Crippen LogP) is 1.08. The minimum atomic E-state index is -1.18. The van der Waals surface area contributed by atoms with Crippen molar-refractivity contribution in [2.24, 2.45) is 0 Å². The Morgan fingerprint density at radius 1 is 1.46 bits per heavy atom. The van der Waals surface area contributed by atoms with Crippen molar-refractivity contribution in [2.45, 2.75) is 36.0 Å². The van der Waals surface area contributed by atoms with E-state index in [0.29, 0.717) is 25.1 Å². The fourth-order valence-electron chi connectivity index (χ4n) is 5.39. The van der Waals surface area contributed by atoms with Gasteiger partial charge in [-0.05, 0) is 36.6 Å². The Labute approximate surface area is 139 Å². The van der Waals surface area contributed by atoms with Crippen molar-refractivity contribution in [2.75, 3.05) is 13.1 Å². The maximum Gasteiger partial charge on any atom is 0.196 e. The normalized spacial score (nSPS) is 38.6. The van der Waals surface area contributed by atoms with Crippen molar-refractivity contribution in [1.82, 2.24) is 4.90 Å². The summed E-state index contributed by atoms with van der Waals surface area (Å²) >= 11 is 0. The second-order valence-electron chi connectivity index (χ2n) is 7.23. The van der Waals surface area contributed by atoms with E-state index in [1.165, 1.54) is 6.08 Å². The topological polar surface area (TPSA) is 70.0 Å². The van der Waals surface area contributed by atoms with Gasteiger partial charge >= 0.3 is 0 Å². The summed E-state index contributed by atoms with van der Waals surface area (Å²) in [7, 11) is 0. The maximum absolute atomic E-state index is 12.5. The van der Waals surface area contributed by atoms with Gasteiger partial charge in [-0.25, -0.2) is 0 Å². The van der Waals surface area contributed by atoms with Crippen LogP contribution >= 0.6 is 0 Å². The lowest BCUT2D eigenvalue weighted by atomic mass is 9.51. The van der Waals surface area contributed by atoms with Gasteiger partial charge in [-0.15, -0.1) is 6.58 Å². The van der Waals surface area contributed by atoms with Crippen LogP contribution in [0.15, 0.2) is 36.9 Å². The summed E-state index contributed by atoms with van der Waals surface area (Å²) in [6.45, 7) is 5.28. The Balaban J connectivity index is 1.83. The second kappa shape index (κ2) is 4.29.